The molecule has 4 aromatic carbocycles. The molecule has 8 rings (SSSR count). The van der Waals surface area contributed by atoms with Gasteiger partial charge in [0.05, 0.1) is 73.5 Å². The summed E-state index contributed by atoms with van der Waals surface area (Å²) in [6, 6.07) is 24.0. The van der Waals surface area contributed by atoms with Gasteiger partial charge in [-0.1, -0.05) is 13.0 Å². The van der Waals surface area contributed by atoms with Gasteiger partial charge in [-0.25, -0.2) is 0 Å². The van der Waals surface area contributed by atoms with Gasteiger partial charge in [0.2, 0.25) is 11.8 Å². The predicted molar refractivity (Wildman–Crippen MR) is 332 cm³/mol. The fourth-order valence-corrected chi connectivity index (χ4v) is 11.2. The number of rotatable bonds is 27. The maximum atomic E-state index is 13.7. The zero-order valence-electron chi connectivity index (χ0n) is 50.7. The second kappa shape index (κ2) is 29.5. The summed E-state index contributed by atoms with van der Waals surface area (Å²) in [5.74, 6) is 2.58. The van der Waals surface area contributed by atoms with Crippen molar-refractivity contribution in [2.75, 3.05) is 113 Å². The van der Waals surface area contributed by atoms with E-state index < -0.39 is 12.0 Å². The Balaban J connectivity index is 0.845. The molecule has 84 heavy (non-hydrogen) atoms. The lowest BCUT2D eigenvalue weighted by Gasteiger charge is -2.34. The second-order valence-electron chi connectivity index (χ2n) is 22.7. The quantitative estimate of drug-likeness (QED) is 0.0259. The summed E-state index contributed by atoms with van der Waals surface area (Å²) in [6.45, 7) is 18.0. The largest absolute Gasteiger partial charge is 0.493 e. The minimum Gasteiger partial charge on any atom is -0.493 e. The van der Waals surface area contributed by atoms with Gasteiger partial charge in [0.1, 0.15) is 30.5 Å². The Morgan fingerprint density at radius 1 is 0.714 bits per heavy atom. The summed E-state index contributed by atoms with van der Waals surface area (Å²) in [5, 5.41) is 44.6. The van der Waals surface area contributed by atoms with E-state index in [-0.39, 0.29) is 30.4 Å². The van der Waals surface area contributed by atoms with Crippen molar-refractivity contribution in [3.05, 3.63) is 106 Å². The highest BCUT2D eigenvalue weighted by Gasteiger charge is 2.34. The van der Waals surface area contributed by atoms with Crippen LogP contribution in [-0.4, -0.2) is 113 Å². The van der Waals surface area contributed by atoms with Crippen LogP contribution >= 0.6 is 0 Å². The Labute approximate surface area is 496 Å². The highest BCUT2D eigenvalue weighted by molar-refractivity contribution is 5.94. The van der Waals surface area contributed by atoms with Gasteiger partial charge >= 0.3 is 0 Å². The first-order valence-corrected chi connectivity index (χ1v) is 29.7. The van der Waals surface area contributed by atoms with Crippen molar-refractivity contribution in [2.45, 2.75) is 111 Å². The lowest BCUT2D eigenvalue weighted by molar-refractivity contribution is -0.117. The van der Waals surface area contributed by atoms with Crippen LogP contribution < -0.4 is 60.9 Å². The summed E-state index contributed by atoms with van der Waals surface area (Å²) in [4.78, 5) is 35.7. The first-order valence-electron chi connectivity index (χ1n) is 29.7. The lowest BCUT2D eigenvalue weighted by Crippen LogP contribution is -2.44. The fourth-order valence-electron chi connectivity index (χ4n) is 11.2. The summed E-state index contributed by atoms with van der Waals surface area (Å²) >= 11 is 0. The summed E-state index contributed by atoms with van der Waals surface area (Å²) in [5.41, 5.74) is 11.1. The van der Waals surface area contributed by atoms with Gasteiger partial charge in [-0.2, -0.15) is 10.5 Å². The standard InChI is InChI=1S/C65H86N12O7/c1-11-81-59-30-51-48(28-53(59)73-62(78)17-14-24-76(7)8)64(45(32-66)35-70-51)72-47-19-21-58(61(27-47)80-10)84-39-56-41(4)26-44(34-69-56)37-77(9)25-15-18-63(79)74-54-29-49-52(31-60(54)82-12-2)71-36-46(33-67)65(49)75-50-20-22-57(43(6)42(50)5)83-38-55-40(3)16-13-23-68-55/h19-22,26-31,34,40,45-46,55,64-65,68,70-72,75H,11-18,23-25,35-39H2,1-10H3,(H,73,78)(H,74,79). The van der Waals surface area contributed by atoms with Crippen LogP contribution in [0.5, 0.6) is 28.7 Å². The van der Waals surface area contributed by atoms with Gasteiger partial charge in [-0.15, -0.1) is 0 Å². The number of ether oxygens (including phenoxy) is 5. The summed E-state index contributed by atoms with van der Waals surface area (Å²) < 4.78 is 30.5. The van der Waals surface area contributed by atoms with E-state index in [1.54, 1.807) is 7.11 Å². The van der Waals surface area contributed by atoms with E-state index >= 15 is 0 Å². The molecule has 5 aromatic rings. The molecule has 1 fully saturated rings. The number of hydrogen-bond acceptors (Lipinski definition) is 17. The number of benzene rings is 4. The van der Waals surface area contributed by atoms with E-state index in [4.69, 9.17) is 28.7 Å². The van der Waals surface area contributed by atoms with Crippen LogP contribution in [0, 0.1) is 61.2 Å². The Morgan fingerprint density at radius 2 is 1.33 bits per heavy atom. The summed E-state index contributed by atoms with van der Waals surface area (Å²) in [6.07, 6.45) is 6.27. The van der Waals surface area contributed by atoms with Crippen molar-refractivity contribution in [2.24, 2.45) is 17.8 Å². The topological polar surface area (TPSA) is 231 Å². The molecule has 7 N–H and O–H groups in total. The number of hydrogen-bond donors (Lipinski definition) is 7. The number of carbonyl (C=O) groups excluding carboxylic acids is 2. The van der Waals surface area contributed by atoms with Crippen LogP contribution in [0.2, 0.25) is 0 Å². The molecule has 2 amide bonds. The Morgan fingerprint density at radius 3 is 1.92 bits per heavy atom. The van der Waals surface area contributed by atoms with Crippen LogP contribution in [0.3, 0.4) is 0 Å². The minimum absolute atomic E-state index is 0.102. The molecule has 3 aliphatic heterocycles. The van der Waals surface area contributed by atoms with E-state index in [1.807, 2.05) is 108 Å². The number of nitriles is 2. The van der Waals surface area contributed by atoms with Crippen LogP contribution in [0.1, 0.15) is 110 Å². The summed E-state index contributed by atoms with van der Waals surface area (Å²) in [7, 11) is 7.59. The number of piperidine rings is 1. The number of carbonyl (C=O) groups is 2. The van der Waals surface area contributed by atoms with Gasteiger partial charge < -0.3 is 70.7 Å². The fraction of sp³-hybridized carbons (Fsp3) is 0.492. The smallest absolute Gasteiger partial charge is 0.224 e. The van der Waals surface area contributed by atoms with Crippen molar-refractivity contribution in [1.29, 1.82) is 10.5 Å². The molecule has 0 spiro atoms. The Hall–Kier alpha value is -7.97. The monoisotopic (exact) mass is 1150 g/mol. The molecule has 6 unspecified atom stereocenters. The van der Waals surface area contributed by atoms with Crippen LogP contribution in [0.4, 0.5) is 34.1 Å². The molecular weight excluding hydrogens is 1060 g/mol. The predicted octanol–water partition coefficient (Wildman–Crippen LogP) is 10.7. The molecule has 0 bridgehead atoms. The molecule has 1 aromatic heterocycles. The highest BCUT2D eigenvalue weighted by Crippen LogP contribution is 2.45. The minimum atomic E-state index is -0.424. The van der Waals surface area contributed by atoms with Crippen molar-refractivity contribution in [3.63, 3.8) is 0 Å². The molecule has 1 saturated heterocycles. The lowest BCUT2D eigenvalue weighted by atomic mass is 9.88. The Kier molecular flexibility index (Phi) is 21.8. The third-order valence-corrected chi connectivity index (χ3v) is 16.2. The number of aromatic nitrogens is 1. The van der Waals surface area contributed by atoms with E-state index in [0.29, 0.717) is 112 Å². The zero-order chi connectivity index (χ0) is 59.9. The van der Waals surface area contributed by atoms with Crippen LogP contribution in [0.25, 0.3) is 0 Å². The zero-order valence-corrected chi connectivity index (χ0v) is 50.7. The van der Waals surface area contributed by atoms with Gasteiger partial charge in [-0.05, 0) is 166 Å². The second-order valence-corrected chi connectivity index (χ2v) is 22.7. The normalized spacial score (nSPS) is 18.8. The van der Waals surface area contributed by atoms with E-state index in [0.717, 1.165) is 87.1 Å². The van der Waals surface area contributed by atoms with Crippen LogP contribution in [-0.2, 0) is 22.7 Å². The number of nitrogens with zero attached hydrogens (tertiary/aromatic N) is 5. The maximum absolute atomic E-state index is 13.7. The van der Waals surface area contributed by atoms with E-state index in [2.05, 4.69) is 81.1 Å². The molecule has 448 valence electrons. The maximum Gasteiger partial charge on any atom is 0.224 e. The van der Waals surface area contributed by atoms with Gasteiger partial charge in [0.25, 0.3) is 0 Å². The molecule has 0 radical (unpaired) electrons. The number of methoxy groups -OCH3 is 1. The number of amides is 2. The third-order valence-electron chi connectivity index (χ3n) is 16.2. The first kappa shape index (κ1) is 62.1. The first-order chi connectivity index (χ1) is 40.6. The molecule has 6 atom stereocenters. The van der Waals surface area contributed by atoms with Crippen molar-refractivity contribution >= 4 is 45.9 Å². The Bertz CT molecular complexity index is 3180. The van der Waals surface area contributed by atoms with E-state index in [9.17, 15) is 20.1 Å². The average molecular weight is 1150 g/mol. The van der Waals surface area contributed by atoms with Gasteiger partial charge in [-0.3, -0.25) is 14.6 Å². The number of fused-ring (bicyclic) bond motifs is 2. The number of anilines is 6. The average Bonchev–Trinajstić information content (AvgIpc) is 3.67. The molecule has 3 aliphatic rings. The number of aryl methyl sites for hydroxylation is 1. The van der Waals surface area contributed by atoms with Gasteiger partial charge in [0, 0.05) is 96.8 Å². The van der Waals surface area contributed by atoms with E-state index in [1.165, 1.54) is 12.8 Å². The molecule has 19 nitrogen and oxygen atoms in total. The molecule has 0 aliphatic carbocycles. The van der Waals surface area contributed by atoms with Gasteiger partial charge in [0.15, 0.2) is 11.5 Å². The highest BCUT2D eigenvalue weighted by atomic mass is 16.5. The number of pyridine rings is 1. The SMILES string of the molecule is CCOc1cc2c(cc1NC(=O)CCCN(C)C)C(Nc1ccc(OCc3ncc(CN(C)CCCC(=O)Nc4cc5c(cc4OCC)NCC(C#N)C5Nc4ccc(OCC5NCCCC5C)c(C)c4C)cc3C)c(OC)c1)C(C#N)CN2. The molecule has 4 heterocycles. The van der Waals surface area contributed by atoms with Crippen molar-refractivity contribution in [1.82, 2.24) is 20.1 Å². The van der Waals surface area contributed by atoms with Crippen LogP contribution in [0.15, 0.2) is 66.9 Å². The molecular formula is C65H86N12O7. The third kappa shape index (κ3) is 15.8. The van der Waals surface area contributed by atoms with Crippen molar-refractivity contribution < 1.29 is 33.3 Å². The number of nitrogens with one attached hydrogen (secondary N) is 7. The molecule has 19 heteroatoms. The van der Waals surface area contributed by atoms with Crippen molar-refractivity contribution in [3.8, 4) is 40.9 Å². The molecule has 0 saturated carbocycles.